The van der Waals surface area contributed by atoms with Crippen LogP contribution in [0.5, 0.6) is 6.01 Å². The third kappa shape index (κ3) is 4.84. The maximum atomic E-state index is 14.9. The lowest BCUT2D eigenvalue weighted by Crippen LogP contribution is -2.34. The fourth-order valence-corrected chi connectivity index (χ4v) is 5.40. The van der Waals surface area contributed by atoms with E-state index in [2.05, 4.69) is 19.9 Å². The highest BCUT2D eigenvalue weighted by Crippen LogP contribution is 2.31. The van der Waals surface area contributed by atoms with Crippen molar-refractivity contribution in [2.24, 2.45) is 0 Å². The summed E-state index contributed by atoms with van der Waals surface area (Å²) in [7, 11) is 2.01. The number of likely N-dealkylation sites (N-methyl/N-ethyl adjacent to an activating group) is 1. The average molecular weight is 533 g/mol. The third-order valence-electron chi connectivity index (χ3n) is 7.26. The predicted molar refractivity (Wildman–Crippen MR) is 133 cm³/mol. The number of pyridine rings is 1. The van der Waals surface area contributed by atoms with E-state index in [1.54, 1.807) is 6.07 Å². The number of aromatic amines is 1. The van der Waals surface area contributed by atoms with E-state index < -0.39 is 29.9 Å². The van der Waals surface area contributed by atoms with Gasteiger partial charge in [0.15, 0.2) is 11.8 Å². The Morgan fingerprint density at radius 3 is 2.68 bits per heavy atom. The highest BCUT2D eigenvalue weighted by atomic mass is 35.5. The summed E-state index contributed by atoms with van der Waals surface area (Å²) in [5.74, 6) is -1.14. The number of aromatic nitrogens is 3. The summed E-state index contributed by atoms with van der Waals surface area (Å²) >= 11 is 6.44. The normalized spacial score (nSPS) is 26.0. The molecule has 1 aromatic carbocycles. The van der Waals surface area contributed by atoms with Gasteiger partial charge in [-0.1, -0.05) is 17.7 Å². The van der Waals surface area contributed by atoms with E-state index in [1.165, 1.54) is 12.1 Å². The summed E-state index contributed by atoms with van der Waals surface area (Å²) in [6, 6.07) is 4.72. The fourth-order valence-electron chi connectivity index (χ4n) is 5.16. The molecule has 0 aliphatic carbocycles. The first-order valence-electron chi connectivity index (χ1n) is 12.3. The minimum Gasteiger partial charge on any atom is -0.456 e. The molecule has 0 bridgehead atoms. The zero-order chi connectivity index (χ0) is 25.7. The number of nitrogens with zero attached hydrogens (tertiary/aromatic N) is 3. The van der Waals surface area contributed by atoms with Crippen LogP contribution < -0.4 is 4.74 Å². The summed E-state index contributed by atoms with van der Waals surface area (Å²) in [6.07, 6.45) is 1.24. The minimum absolute atomic E-state index is 0.0100. The molecule has 0 amide bonds. The van der Waals surface area contributed by atoms with Crippen LogP contribution in [0, 0.1) is 11.6 Å². The Labute approximate surface area is 217 Å². The SMILES string of the molecule is CN1CC=C(c2cc(F)c(CCc3nc4nc(O[C@@H]5CO[C@H]6[C@@H]5OC[C@H]6O)[nH]c4cc3Cl)c(F)c2)CC1. The number of fused-ring (bicyclic) bond motifs is 2. The van der Waals surface area contributed by atoms with Crippen molar-refractivity contribution in [3.05, 3.63) is 57.8 Å². The third-order valence-corrected chi connectivity index (χ3v) is 7.59. The number of hydrogen-bond acceptors (Lipinski definition) is 7. The molecule has 0 radical (unpaired) electrons. The van der Waals surface area contributed by atoms with Crippen LogP contribution in [0.15, 0.2) is 24.3 Å². The van der Waals surface area contributed by atoms with Crippen LogP contribution in [0.1, 0.15) is 23.2 Å². The largest absolute Gasteiger partial charge is 0.456 e. The van der Waals surface area contributed by atoms with Gasteiger partial charge in [-0.2, -0.15) is 4.98 Å². The summed E-state index contributed by atoms with van der Waals surface area (Å²) < 4.78 is 46.9. The summed E-state index contributed by atoms with van der Waals surface area (Å²) in [5.41, 5.74) is 2.99. The number of aryl methyl sites for hydroxylation is 1. The van der Waals surface area contributed by atoms with Gasteiger partial charge in [-0.15, -0.1) is 0 Å². The average Bonchev–Trinajstić information content (AvgIpc) is 3.55. The number of rotatable bonds is 6. The molecule has 3 aromatic rings. The molecule has 6 rings (SSSR count). The number of halogens is 3. The first-order chi connectivity index (χ1) is 17.9. The van der Waals surface area contributed by atoms with Crippen LogP contribution in [0.3, 0.4) is 0 Å². The van der Waals surface area contributed by atoms with Crippen molar-refractivity contribution in [3.8, 4) is 6.01 Å². The number of hydrogen-bond donors (Lipinski definition) is 2. The van der Waals surface area contributed by atoms with E-state index in [0.29, 0.717) is 27.4 Å². The van der Waals surface area contributed by atoms with Gasteiger partial charge < -0.3 is 29.2 Å². The van der Waals surface area contributed by atoms with Gasteiger partial charge in [0.2, 0.25) is 0 Å². The molecule has 37 heavy (non-hydrogen) atoms. The Morgan fingerprint density at radius 2 is 1.92 bits per heavy atom. The topological polar surface area (TPSA) is 92.7 Å². The van der Waals surface area contributed by atoms with Crippen molar-refractivity contribution in [2.45, 2.75) is 43.7 Å². The molecule has 2 fully saturated rings. The zero-order valence-corrected chi connectivity index (χ0v) is 21.0. The molecule has 5 heterocycles. The van der Waals surface area contributed by atoms with Gasteiger partial charge in [0, 0.05) is 18.7 Å². The van der Waals surface area contributed by atoms with Gasteiger partial charge in [0.05, 0.1) is 29.4 Å². The highest BCUT2D eigenvalue weighted by molar-refractivity contribution is 6.31. The minimum atomic E-state index is -0.672. The van der Waals surface area contributed by atoms with E-state index in [1.807, 2.05) is 13.1 Å². The van der Waals surface area contributed by atoms with Crippen molar-refractivity contribution in [3.63, 3.8) is 0 Å². The Morgan fingerprint density at radius 1 is 1.14 bits per heavy atom. The molecule has 4 atom stereocenters. The Bertz CT molecular complexity index is 1340. The standard InChI is InChI=1S/C26H27ClF2N4O4/c1-33-6-4-13(5-7-33)14-8-17(28)15(18(29)9-14)2-3-19-16(27)10-20-25(30-19)32-26(31-20)37-22-12-36-23-21(34)11-35-24(22)23/h4,8-10,21-24,34H,2-3,5-7,11-12H2,1H3,(H,30,31,32)/t21-,22-,23-,24-/m1/s1. The smallest absolute Gasteiger partial charge is 0.296 e. The van der Waals surface area contributed by atoms with Crippen molar-refractivity contribution < 1.29 is 28.1 Å². The molecule has 0 saturated carbocycles. The quantitative estimate of drug-likeness (QED) is 0.503. The van der Waals surface area contributed by atoms with Gasteiger partial charge in [-0.05, 0) is 55.6 Å². The molecule has 2 saturated heterocycles. The fraction of sp³-hybridized carbons (Fsp3) is 0.462. The van der Waals surface area contributed by atoms with Crippen molar-refractivity contribution in [1.29, 1.82) is 0 Å². The second-order valence-electron chi connectivity index (χ2n) is 9.81. The number of H-pyrrole nitrogens is 1. The lowest BCUT2D eigenvalue weighted by molar-refractivity contribution is 0.00706. The van der Waals surface area contributed by atoms with Crippen LogP contribution in [0.4, 0.5) is 8.78 Å². The van der Waals surface area contributed by atoms with Crippen LogP contribution in [-0.2, 0) is 22.3 Å². The summed E-state index contributed by atoms with van der Waals surface area (Å²) in [4.78, 5) is 14.1. The van der Waals surface area contributed by atoms with Gasteiger partial charge in [0.1, 0.15) is 29.9 Å². The second-order valence-corrected chi connectivity index (χ2v) is 10.2. The first kappa shape index (κ1) is 24.7. The van der Waals surface area contributed by atoms with Gasteiger partial charge in [0.25, 0.3) is 6.01 Å². The van der Waals surface area contributed by atoms with Crippen LogP contribution in [-0.4, -0.2) is 82.7 Å². The van der Waals surface area contributed by atoms with Crippen LogP contribution in [0.2, 0.25) is 5.02 Å². The molecule has 8 nitrogen and oxygen atoms in total. The molecule has 2 N–H and O–H groups in total. The van der Waals surface area contributed by atoms with E-state index in [-0.39, 0.29) is 43.7 Å². The maximum Gasteiger partial charge on any atom is 0.296 e. The van der Waals surface area contributed by atoms with E-state index in [0.717, 1.165) is 25.1 Å². The number of aliphatic hydroxyl groups excluding tert-OH is 1. The van der Waals surface area contributed by atoms with Gasteiger partial charge in [-0.25, -0.2) is 13.8 Å². The molecule has 0 spiro atoms. The van der Waals surface area contributed by atoms with Crippen LogP contribution >= 0.6 is 11.6 Å². The molecule has 196 valence electrons. The Kier molecular flexibility index (Phi) is 6.62. The first-order valence-corrected chi connectivity index (χ1v) is 12.7. The van der Waals surface area contributed by atoms with E-state index >= 15 is 0 Å². The zero-order valence-electron chi connectivity index (χ0n) is 20.2. The number of benzene rings is 1. The van der Waals surface area contributed by atoms with Gasteiger partial charge >= 0.3 is 0 Å². The Balaban J connectivity index is 1.16. The summed E-state index contributed by atoms with van der Waals surface area (Å²) in [5, 5.41) is 10.3. The molecule has 3 aliphatic rings. The number of ether oxygens (including phenoxy) is 3. The number of imidazole rings is 1. The van der Waals surface area contributed by atoms with Crippen molar-refractivity contribution in [1.82, 2.24) is 19.9 Å². The molecular formula is C26H27ClF2N4O4. The lowest BCUT2D eigenvalue weighted by atomic mass is 9.96. The highest BCUT2D eigenvalue weighted by Gasteiger charge is 2.48. The van der Waals surface area contributed by atoms with E-state index in [4.69, 9.17) is 25.8 Å². The number of aliphatic hydroxyl groups is 1. The van der Waals surface area contributed by atoms with E-state index in [9.17, 15) is 13.9 Å². The number of nitrogens with one attached hydrogen (secondary N) is 1. The monoisotopic (exact) mass is 532 g/mol. The van der Waals surface area contributed by atoms with Crippen molar-refractivity contribution in [2.75, 3.05) is 33.4 Å². The summed E-state index contributed by atoms with van der Waals surface area (Å²) in [6.45, 7) is 2.09. The van der Waals surface area contributed by atoms with Gasteiger partial charge in [-0.3, -0.25) is 0 Å². The second kappa shape index (κ2) is 9.92. The molecular weight excluding hydrogens is 506 g/mol. The molecule has 11 heteroatoms. The molecule has 3 aliphatic heterocycles. The Hall–Kier alpha value is -2.63. The van der Waals surface area contributed by atoms with Crippen LogP contribution in [0.25, 0.3) is 16.7 Å². The maximum absolute atomic E-state index is 14.9. The molecule has 0 unspecified atom stereocenters. The van der Waals surface area contributed by atoms with Crippen molar-refractivity contribution >= 4 is 28.3 Å². The molecule has 2 aromatic heterocycles. The predicted octanol–water partition coefficient (Wildman–Crippen LogP) is 3.30. The lowest BCUT2D eigenvalue weighted by Gasteiger charge is -2.22.